The van der Waals surface area contributed by atoms with Crippen LogP contribution in [0.5, 0.6) is 5.75 Å². The molecule has 2 heterocycles. The van der Waals surface area contributed by atoms with Crippen LogP contribution in [-0.2, 0) is 6.42 Å². The number of hydrogen-bond donors (Lipinski definition) is 3. The van der Waals surface area contributed by atoms with Crippen LogP contribution in [-0.4, -0.2) is 76.8 Å². The molecule has 0 atom stereocenters. The Bertz CT molecular complexity index is 1140. The molecule has 0 unspecified atom stereocenters. The molecule has 3 aromatic rings. The number of aromatic hydroxyl groups is 1. The Morgan fingerprint density at radius 2 is 1.72 bits per heavy atom. The smallest absolute Gasteiger partial charge is 0.335 e. The minimum Gasteiger partial charge on any atom is -0.507 e. The molecule has 1 aliphatic rings. The molecule has 1 fully saturated rings. The van der Waals surface area contributed by atoms with Gasteiger partial charge in [-0.2, -0.15) is 0 Å². The summed E-state index contributed by atoms with van der Waals surface area (Å²) >= 11 is 0. The summed E-state index contributed by atoms with van der Waals surface area (Å²) in [6.45, 7) is 4.27. The third-order valence-electron chi connectivity index (χ3n) is 5.83. The zero-order chi connectivity index (χ0) is 22.7. The van der Waals surface area contributed by atoms with E-state index in [9.17, 15) is 14.7 Å². The predicted molar refractivity (Wildman–Crippen MR) is 121 cm³/mol. The first-order valence-corrected chi connectivity index (χ1v) is 10.5. The highest BCUT2D eigenvalue weighted by molar-refractivity contribution is 5.99. The largest absolute Gasteiger partial charge is 0.507 e. The Morgan fingerprint density at radius 1 is 1.03 bits per heavy atom. The number of nitrogens with zero attached hydrogens (tertiary/aromatic N) is 3. The Kier molecular flexibility index (Phi) is 6.34. The number of pyridine rings is 1. The van der Waals surface area contributed by atoms with E-state index in [2.05, 4.69) is 27.1 Å². The average molecular weight is 434 g/mol. The molecule has 1 aromatic heterocycles. The highest BCUT2D eigenvalue weighted by Crippen LogP contribution is 2.29. The molecule has 8 nitrogen and oxygen atoms in total. The van der Waals surface area contributed by atoms with Crippen molar-refractivity contribution in [3.63, 3.8) is 0 Å². The van der Waals surface area contributed by atoms with Gasteiger partial charge in [-0.1, -0.05) is 12.1 Å². The Balaban J connectivity index is 1.49. The van der Waals surface area contributed by atoms with Crippen LogP contribution in [0.3, 0.4) is 0 Å². The highest BCUT2D eigenvalue weighted by Gasteiger charge is 2.16. The lowest BCUT2D eigenvalue weighted by atomic mass is 10.0. The number of carboxylic acid groups (broad SMARTS) is 1. The Morgan fingerprint density at radius 3 is 2.41 bits per heavy atom. The van der Waals surface area contributed by atoms with Crippen LogP contribution in [0.2, 0.25) is 0 Å². The lowest BCUT2D eigenvalue weighted by molar-refractivity contribution is 0.0696. The summed E-state index contributed by atoms with van der Waals surface area (Å²) in [6.07, 6.45) is 2.00. The van der Waals surface area contributed by atoms with Crippen molar-refractivity contribution < 1.29 is 19.8 Å². The fraction of sp³-hybridized carbons (Fsp3) is 0.292. The number of fused-ring (bicyclic) bond motifs is 1. The summed E-state index contributed by atoms with van der Waals surface area (Å²) in [5.74, 6) is -1.10. The first-order chi connectivity index (χ1) is 15.4. The monoisotopic (exact) mass is 434 g/mol. The van der Waals surface area contributed by atoms with Crippen LogP contribution in [0, 0.1) is 0 Å². The van der Waals surface area contributed by atoms with E-state index in [-0.39, 0.29) is 17.2 Å². The van der Waals surface area contributed by atoms with Crippen molar-refractivity contribution in [3.05, 3.63) is 70.9 Å². The zero-order valence-corrected chi connectivity index (χ0v) is 17.9. The van der Waals surface area contributed by atoms with Crippen molar-refractivity contribution in [2.45, 2.75) is 6.42 Å². The number of piperazine rings is 1. The molecule has 0 radical (unpaired) electrons. The van der Waals surface area contributed by atoms with E-state index in [1.165, 1.54) is 12.1 Å². The standard InChI is InChI=1S/C24H26N4O4/c1-27-8-10-28(11-9-27)15-26-23(30)18-6-7-21-20(13-18)22(29)19(14-25-21)12-16-2-4-17(5-3-16)24(31)32/h2-7,13-14H,8-12,15H2,1H3,(H,25,29)(H,26,30)(H,31,32). The normalized spacial score (nSPS) is 15.0. The number of amides is 1. The number of carbonyl (C=O) groups is 2. The third-order valence-corrected chi connectivity index (χ3v) is 5.83. The molecule has 166 valence electrons. The molecule has 0 saturated carbocycles. The lowest BCUT2D eigenvalue weighted by Crippen LogP contribution is -2.48. The van der Waals surface area contributed by atoms with Crippen LogP contribution < -0.4 is 5.32 Å². The van der Waals surface area contributed by atoms with Crippen LogP contribution in [0.4, 0.5) is 0 Å². The fourth-order valence-electron chi connectivity index (χ4n) is 3.77. The summed E-state index contributed by atoms with van der Waals surface area (Å²) in [4.78, 5) is 32.6. The molecule has 1 aliphatic heterocycles. The third kappa shape index (κ3) is 4.87. The molecule has 1 saturated heterocycles. The second-order valence-electron chi connectivity index (χ2n) is 8.13. The Labute approximate surface area is 186 Å². The number of aromatic carboxylic acids is 1. The quantitative estimate of drug-likeness (QED) is 0.546. The van der Waals surface area contributed by atoms with Crippen molar-refractivity contribution in [1.29, 1.82) is 0 Å². The van der Waals surface area contributed by atoms with E-state index >= 15 is 0 Å². The van der Waals surface area contributed by atoms with Gasteiger partial charge in [0.15, 0.2) is 0 Å². The molecule has 1 amide bonds. The van der Waals surface area contributed by atoms with E-state index in [0.29, 0.717) is 35.1 Å². The minimum atomic E-state index is -0.981. The summed E-state index contributed by atoms with van der Waals surface area (Å²) < 4.78 is 0. The first-order valence-electron chi connectivity index (χ1n) is 10.5. The molecule has 8 heteroatoms. The SMILES string of the molecule is CN1CCN(CNC(=O)c2ccc3ncc(Cc4ccc(C(=O)O)cc4)c(O)c3c2)CC1. The number of benzene rings is 2. The fourth-order valence-corrected chi connectivity index (χ4v) is 3.77. The van der Waals surface area contributed by atoms with E-state index in [0.717, 1.165) is 31.7 Å². The van der Waals surface area contributed by atoms with Gasteiger partial charge in [-0.3, -0.25) is 14.7 Å². The maximum absolute atomic E-state index is 12.7. The van der Waals surface area contributed by atoms with Gasteiger partial charge in [0.1, 0.15) is 5.75 Å². The van der Waals surface area contributed by atoms with Crippen LogP contribution >= 0.6 is 0 Å². The van der Waals surface area contributed by atoms with Gasteiger partial charge in [-0.25, -0.2) is 4.79 Å². The maximum atomic E-state index is 12.7. The van der Waals surface area contributed by atoms with E-state index in [1.807, 2.05) is 0 Å². The van der Waals surface area contributed by atoms with Crippen molar-refractivity contribution in [2.24, 2.45) is 0 Å². The topological polar surface area (TPSA) is 106 Å². The van der Waals surface area contributed by atoms with E-state index in [4.69, 9.17) is 5.11 Å². The number of nitrogens with one attached hydrogen (secondary N) is 1. The van der Waals surface area contributed by atoms with Gasteiger partial charge in [0.25, 0.3) is 5.91 Å². The van der Waals surface area contributed by atoms with Gasteiger partial charge in [0, 0.05) is 55.3 Å². The van der Waals surface area contributed by atoms with Crippen molar-refractivity contribution in [3.8, 4) is 5.75 Å². The highest BCUT2D eigenvalue weighted by atomic mass is 16.4. The van der Waals surface area contributed by atoms with Gasteiger partial charge in [0.2, 0.25) is 0 Å². The predicted octanol–water partition coefficient (Wildman–Crippen LogP) is 2.16. The number of hydrogen-bond acceptors (Lipinski definition) is 6. The van der Waals surface area contributed by atoms with Gasteiger partial charge < -0.3 is 20.4 Å². The van der Waals surface area contributed by atoms with Gasteiger partial charge >= 0.3 is 5.97 Å². The molecule has 32 heavy (non-hydrogen) atoms. The molecule has 4 rings (SSSR count). The molecule has 0 aliphatic carbocycles. The van der Waals surface area contributed by atoms with Crippen LogP contribution in [0.1, 0.15) is 31.8 Å². The van der Waals surface area contributed by atoms with E-state index < -0.39 is 5.97 Å². The Hall–Kier alpha value is -3.49. The minimum absolute atomic E-state index is 0.0750. The number of aromatic nitrogens is 1. The zero-order valence-electron chi connectivity index (χ0n) is 17.9. The molecule has 0 bridgehead atoms. The number of carboxylic acids is 1. The first kappa shape index (κ1) is 21.7. The summed E-state index contributed by atoms with van der Waals surface area (Å²) in [7, 11) is 2.09. The van der Waals surface area contributed by atoms with Gasteiger partial charge in [-0.15, -0.1) is 0 Å². The molecular weight excluding hydrogens is 408 g/mol. The van der Waals surface area contributed by atoms with Gasteiger partial charge in [-0.05, 0) is 42.9 Å². The maximum Gasteiger partial charge on any atom is 0.335 e. The summed E-state index contributed by atoms with van der Waals surface area (Å²) in [6, 6.07) is 11.6. The van der Waals surface area contributed by atoms with Crippen molar-refractivity contribution >= 4 is 22.8 Å². The molecule has 2 aromatic carbocycles. The van der Waals surface area contributed by atoms with Gasteiger partial charge in [0.05, 0.1) is 17.7 Å². The van der Waals surface area contributed by atoms with Crippen molar-refractivity contribution in [2.75, 3.05) is 39.9 Å². The number of carbonyl (C=O) groups excluding carboxylic acids is 1. The number of rotatable bonds is 6. The van der Waals surface area contributed by atoms with E-state index in [1.54, 1.807) is 36.5 Å². The molecule has 3 N–H and O–H groups in total. The van der Waals surface area contributed by atoms with Crippen LogP contribution in [0.25, 0.3) is 10.9 Å². The average Bonchev–Trinajstić information content (AvgIpc) is 2.80. The van der Waals surface area contributed by atoms with Crippen LogP contribution in [0.15, 0.2) is 48.7 Å². The summed E-state index contributed by atoms with van der Waals surface area (Å²) in [5.41, 5.74) is 2.74. The van der Waals surface area contributed by atoms with Crippen molar-refractivity contribution in [1.82, 2.24) is 20.1 Å². The molecular formula is C24H26N4O4. The molecule has 0 spiro atoms. The second kappa shape index (κ2) is 9.33. The number of likely N-dealkylation sites (N-methyl/N-ethyl adjacent to an activating group) is 1. The summed E-state index contributed by atoms with van der Waals surface area (Å²) in [5, 5.41) is 23.3. The second-order valence-corrected chi connectivity index (χ2v) is 8.13. The lowest BCUT2D eigenvalue weighted by Gasteiger charge is -2.32.